The fourth-order valence-corrected chi connectivity index (χ4v) is 2.34. The zero-order chi connectivity index (χ0) is 11.5. The molecule has 0 bridgehead atoms. The second-order valence-corrected chi connectivity index (χ2v) is 5.57. The molecule has 1 nitrogen and oxygen atoms in total. The Bertz CT molecular complexity index is 343. The molecule has 1 aromatic carbocycles. The summed E-state index contributed by atoms with van der Waals surface area (Å²) in [7, 11) is 0. The zero-order valence-corrected chi connectivity index (χ0v) is 10.7. The third-order valence-corrected chi connectivity index (χ3v) is 3.35. The van der Waals surface area contributed by atoms with E-state index in [2.05, 4.69) is 50.4 Å². The number of aryl methyl sites for hydroxylation is 1. The highest BCUT2D eigenvalue weighted by molar-refractivity contribution is 5.29. The Morgan fingerprint density at radius 3 is 2.88 bits per heavy atom. The lowest BCUT2D eigenvalue weighted by atomic mass is 10.1. The maximum absolute atomic E-state index is 3.56. The van der Waals surface area contributed by atoms with Crippen molar-refractivity contribution >= 4 is 0 Å². The fraction of sp³-hybridized carbons (Fsp3) is 0.600. The average molecular weight is 217 g/mol. The molecular formula is C15H23N. The molecule has 2 rings (SSSR count). The Labute approximate surface area is 99.3 Å². The monoisotopic (exact) mass is 217 g/mol. The minimum atomic E-state index is 0.760. The number of benzene rings is 1. The van der Waals surface area contributed by atoms with Crippen molar-refractivity contribution < 1.29 is 0 Å². The van der Waals surface area contributed by atoms with Gasteiger partial charge in [0.25, 0.3) is 0 Å². The molecule has 0 radical (unpaired) electrons. The minimum Gasteiger partial charge on any atom is -0.316 e. The van der Waals surface area contributed by atoms with Crippen LogP contribution in [-0.4, -0.2) is 13.1 Å². The molecule has 1 fully saturated rings. The van der Waals surface area contributed by atoms with E-state index in [1.54, 1.807) is 0 Å². The van der Waals surface area contributed by atoms with Gasteiger partial charge in [-0.15, -0.1) is 0 Å². The Balaban J connectivity index is 1.78. The molecule has 0 aliphatic heterocycles. The van der Waals surface area contributed by atoms with Crippen molar-refractivity contribution in [2.75, 3.05) is 13.1 Å². The van der Waals surface area contributed by atoms with Gasteiger partial charge >= 0.3 is 0 Å². The maximum atomic E-state index is 3.56. The lowest BCUT2D eigenvalue weighted by Crippen LogP contribution is -2.22. The first-order chi connectivity index (χ1) is 7.66. The summed E-state index contributed by atoms with van der Waals surface area (Å²) in [5.74, 6) is 2.45. The predicted octanol–water partition coefficient (Wildman–Crippen LogP) is 3.34. The van der Waals surface area contributed by atoms with Gasteiger partial charge in [-0.05, 0) is 49.8 Å². The summed E-state index contributed by atoms with van der Waals surface area (Å²) in [6, 6.07) is 8.98. The van der Waals surface area contributed by atoms with Crippen molar-refractivity contribution in [3.63, 3.8) is 0 Å². The molecule has 1 aromatic rings. The number of hydrogen-bond acceptors (Lipinski definition) is 1. The average Bonchev–Trinajstić information content (AvgIpc) is 2.97. The smallest absolute Gasteiger partial charge is 0.00143 e. The van der Waals surface area contributed by atoms with E-state index >= 15 is 0 Å². The van der Waals surface area contributed by atoms with Gasteiger partial charge in [0.1, 0.15) is 0 Å². The first-order valence-electron chi connectivity index (χ1n) is 6.44. The summed E-state index contributed by atoms with van der Waals surface area (Å²) in [6.45, 7) is 9.04. The van der Waals surface area contributed by atoms with Crippen LogP contribution in [0, 0.1) is 18.8 Å². The van der Waals surface area contributed by atoms with Crippen LogP contribution in [0.4, 0.5) is 0 Å². The summed E-state index contributed by atoms with van der Waals surface area (Å²) >= 11 is 0. The Kier molecular flexibility index (Phi) is 3.65. The number of hydrogen-bond donors (Lipinski definition) is 1. The molecule has 88 valence electrons. The van der Waals surface area contributed by atoms with Gasteiger partial charge in [-0.25, -0.2) is 0 Å². The zero-order valence-electron chi connectivity index (χ0n) is 10.7. The molecule has 1 aliphatic carbocycles. The molecule has 1 heteroatoms. The highest BCUT2D eigenvalue weighted by Gasteiger charge is 2.37. The van der Waals surface area contributed by atoms with Gasteiger partial charge in [0.05, 0.1) is 0 Å². The molecule has 1 aliphatic rings. The van der Waals surface area contributed by atoms with E-state index in [4.69, 9.17) is 0 Å². The van der Waals surface area contributed by atoms with Gasteiger partial charge in [0.2, 0.25) is 0 Å². The lowest BCUT2D eigenvalue weighted by molar-refractivity contribution is 0.532. The predicted molar refractivity (Wildman–Crippen MR) is 69.7 cm³/mol. The van der Waals surface area contributed by atoms with Crippen LogP contribution in [-0.2, 0) is 0 Å². The molecule has 0 amide bonds. The van der Waals surface area contributed by atoms with Crippen molar-refractivity contribution in [2.24, 2.45) is 11.8 Å². The van der Waals surface area contributed by atoms with Crippen LogP contribution in [0.1, 0.15) is 37.3 Å². The van der Waals surface area contributed by atoms with Gasteiger partial charge < -0.3 is 5.32 Å². The summed E-state index contributed by atoms with van der Waals surface area (Å²) in [6.07, 6.45) is 1.37. The standard InChI is InChI=1S/C15H23N/c1-11(2)9-16-10-14-8-15(14)13-6-4-5-12(3)7-13/h4-7,11,14-16H,8-10H2,1-3H3. The van der Waals surface area contributed by atoms with Crippen LogP contribution < -0.4 is 5.32 Å². The molecule has 1 N–H and O–H groups in total. The fourth-order valence-electron chi connectivity index (χ4n) is 2.34. The quantitative estimate of drug-likeness (QED) is 0.797. The van der Waals surface area contributed by atoms with Crippen molar-refractivity contribution in [3.05, 3.63) is 35.4 Å². The molecular weight excluding hydrogens is 194 g/mol. The summed E-state index contributed by atoms with van der Waals surface area (Å²) in [4.78, 5) is 0. The highest BCUT2D eigenvalue weighted by Crippen LogP contribution is 2.47. The summed E-state index contributed by atoms with van der Waals surface area (Å²) in [5.41, 5.74) is 2.93. The topological polar surface area (TPSA) is 12.0 Å². The maximum Gasteiger partial charge on any atom is -0.00143 e. The summed E-state index contributed by atoms with van der Waals surface area (Å²) in [5, 5.41) is 3.56. The van der Waals surface area contributed by atoms with Crippen molar-refractivity contribution in [1.82, 2.24) is 5.32 Å². The normalized spacial score (nSPS) is 23.8. The first kappa shape index (κ1) is 11.7. The van der Waals surface area contributed by atoms with E-state index < -0.39 is 0 Å². The lowest BCUT2D eigenvalue weighted by Gasteiger charge is -2.07. The van der Waals surface area contributed by atoms with Crippen LogP contribution in [0.3, 0.4) is 0 Å². The summed E-state index contributed by atoms with van der Waals surface area (Å²) < 4.78 is 0. The van der Waals surface area contributed by atoms with Gasteiger partial charge in [-0.3, -0.25) is 0 Å². The van der Waals surface area contributed by atoms with E-state index in [0.717, 1.165) is 24.3 Å². The van der Waals surface area contributed by atoms with Crippen LogP contribution in [0.5, 0.6) is 0 Å². The molecule has 0 heterocycles. The van der Waals surface area contributed by atoms with Crippen molar-refractivity contribution in [1.29, 1.82) is 0 Å². The third kappa shape index (κ3) is 3.08. The van der Waals surface area contributed by atoms with E-state index in [0.29, 0.717) is 0 Å². The van der Waals surface area contributed by atoms with E-state index in [9.17, 15) is 0 Å². The molecule has 0 aromatic heterocycles. The van der Waals surface area contributed by atoms with Gasteiger partial charge in [-0.1, -0.05) is 43.7 Å². The number of nitrogens with one attached hydrogen (secondary N) is 1. The largest absolute Gasteiger partial charge is 0.316 e. The van der Waals surface area contributed by atoms with Crippen LogP contribution in [0.15, 0.2) is 24.3 Å². The SMILES string of the molecule is Cc1cccc(C2CC2CNCC(C)C)c1. The highest BCUT2D eigenvalue weighted by atomic mass is 14.9. The van der Waals surface area contributed by atoms with Crippen molar-refractivity contribution in [3.8, 4) is 0 Å². The van der Waals surface area contributed by atoms with E-state index in [1.807, 2.05) is 0 Å². The molecule has 1 saturated carbocycles. The van der Waals surface area contributed by atoms with Gasteiger partial charge in [0.15, 0.2) is 0 Å². The van der Waals surface area contributed by atoms with Crippen LogP contribution in [0.2, 0.25) is 0 Å². The van der Waals surface area contributed by atoms with Crippen molar-refractivity contribution in [2.45, 2.75) is 33.1 Å². The molecule has 16 heavy (non-hydrogen) atoms. The Morgan fingerprint density at radius 1 is 1.38 bits per heavy atom. The molecule has 0 saturated heterocycles. The second kappa shape index (κ2) is 5.01. The van der Waals surface area contributed by atoms with Crippen LogP contribution >= 0.6 is 0 Å². The van der Waals surface area contributed by atoms with Gasteiger partial charge in [-0.2, -0.15) is 0 Å². The number of rotatable bonds is 5. The second-order valence-electron chi connectivity index (χ2n) is 5.57. The minimum absolute atomic E-state index is 0.760. The molecule has 2 atom stereocenters. The first-order valence-corrected chi connectivity index (χ1v) is 6.44. The Morgan fingerprint density at radius 2 is 2.19 bits per heavy atom. The van der Waals surface area contributed by atoms with E-state index in [1.165, 1.54) is 24.1 Å². The molecule has 0 spiro atoms. The van der Waals surface area contributed by atoms with E-state index in [-0.39, 0.29) is 0 Å². The molecule has 2 unspecified atom stereocenters. The third-order valence-electron chi connectivity index (χ3n) is 3.35. The van der Waals surface area contributed by atoms with Crippen LogP contribution in [0.25, 0.3) is 0 Å². The van der Waals surface area contributed by atoms with Gasteiger partial charge in [0, 0.05) is 0 Å². The Hall–Kier alpha value is -0.820.